The lowest BCUT2D eigenvalue weighted by Gasteiger charge is -2.33. The van der Waals surface area contributed by atoms with Crippen LogP contribution in [-0.2, 0) is 4.74 Å². The molecule has 0 spiro atoms. The van der Waals surface area contributed by atoms with E-state index in [9.17, 15) is 10.1 Å². The fourth-order valence-corrected chi connectivity index (χ4v) is 3.20. The van der Waals surface area contributed by atoms with E-state index in [0.29, 0.717) is 19.7 Å². The minimum Gasteiger partial charge on any atom is -0.369 e. The number of nitro groups is 1. The van der Waals surface area contributed by atoms with Gasteiger partial charge in [0.1, 0.15) is 17.7 Å². The summed E-state index contributed by atoms with van der Waals surface area (Å²) in [7, 11) is 0. The van der Waals surface area contributed by atoms with Gasteiger partial charge in [-0.3, -0.25) is 10.1 Å². The number of pyridine rings is 1. The third-order valence-electron chi connectivity index (χ3n) is 3.43. The topological polar surface area (TPSA) is 92.3 Å². The van der Waals surface area contributed by atoms with Crippen LogP contribution < -0.4 is 4.90 Å². The van der Waals surface area contributed by atoms with Crippen LogP contribution in [0.3, 0.4) is 0 Å². The number of anilines is 1. The van der Waals surface area contributed by atoms with E-state index >= 15 is 0 Å². The Morgan fingerprint density at radius 2 is 2.41 bits per heavy atom. The molecule has 112 valence electrons. The van der Waals surface area contributed by atoms with E-state index in [1.807, 2.05) is 28.5 Å². The highest BCUT2D eigenvalue weighted by molar-refractivity contribution is 7.10. The normalized spacial score (nSPS) is 18.0. The molecule has 0 aromatic carbocycles. The fourth-order valence-electron chi connectivity index (χ4n) is 2.43. The van der Waals surface area contributed by atoms with E-state index in [-0.39, 0.29) is 23.2 Å². The Bertz CT molecular complexity index is 726. The second-order valence-electron chi connectivity index (χ2n) is 4.72. The molecule has 3 rings (SSSR count). The zero-order valence-corrected chi connectivity index (χ0v) is 12.3. The summed E-state index contributed by atoms with van der Waals surface area (Å²) in [5.41, 5.74) is -0.217. The van der Waals surface area contributed by atoms with Crippen molar-refractivity contribution in [1.29, 1.82) is 5.26 Å². The number of morpholine rings is 1. The molecule has 3 heterocycles. The SMILES string of the molecule is N#Cc1ccnc(N2CCOC(c3cccs3)C2)c1[N+](=O)[O-]. The molecule has 0 bridgehead atoms. The Balaban J connectivity index is 1.94. The van der Waals surface area contributed by atoms with E-state index in [0.717, 1.165) is 4.88 Å². The molecule has 7 nitrogen and oxygen atoms in total. The molecule has 0 saturated carbocycles. The number of hydrogen-bond donors (Lipinski definition) is 0. The molecule has 0 amide bonds. The number of nitriles is 1. The van der Waals surface area contributed by atoms with Gasteiger partial charge in [-0.05, 0) is 17.5 Å². The van der Waals surface area contributed by atoms with Crippen LogP contribution in [0.4, 0.5) is 11.5 Å². The molecule has 1 aliphatic rings. The summed E-state index contributed by atoms with van der Waals surface area (Å²) >= 11 is 1.59. The summed E-state index contributed by atoms with van der Waals surface area (Å²) in [6.07, 6.45) is 1.29. The van der Waals surface area contributed by atoms with Gasteiger partial charge in [-0.15, -0.1) is 11.3 Å². The largest absolute Gasteiger partial charge is 0.369 e. The molecule has 1 aliphatic heterocycles. The van der Waals surface area contributed by atoms with Crippen LogP contribution in [0.15, 0.2) is 29.8 Å². The Hall–Kier alpha value is -2.50. The van der Waals surface area contributed by atoms with E-state index in [1.165, 1.54) is 12.3 Å². The maximum absolute atomic E-state index is 11.3. The van der Waals surface area contributed by atoms with Gasteiger partial charge < -0.3 is 9.64 Å². The first kappa shape index (κ1) is 14.4. The van der Waals surface area contributed by atoms with Gasteiger partial charge in [0.05, 0.1) is 18.1 Å². The van der Waals surface area contributed by atoms with Gasteiger partial charge in [-0.2, -0.15) is 5.26 Å². The number of aromatic nitrogens is 1. The molecule has 0 aliphatic carbocycles. The molecule has 0 radical (unpaired) electrons. The van der Waals surface area contributed by atoms with Gasteiger partial charge in [-0.1, -0.05) is 6.07 Å². The zero-order valence-electron chi connectivity index (χ0n) is 11.5. The summed E-state index contributed by atoms with van der Waals surface area (Å²) in [4.78, 5) is 17.8. The average Bonchev–Trinajstić information content (AvgIpc) is 3.08. The minimum atomic E-state index is -0.545. The van der Waals surface area contributed by atoms with Gasteiger partial charge in [-0.25, -0.2) is 4.98 Å². The first-order chi connectivity index (χ1) is 10.7. The Morgan fingerprint density at radius 3 is 3.09 bits per heavy atom. The summed E-state index contributed by atoms with van der Waals surface area (Å²) in [6, 6.07) is 7.14. The quantitative estimate of drug-likeness (QED) is 0.638. The van der Waals surface area contributed by atoms with Crippen molar-refractivity contribution in [2.24, 2.45) is 0 Å². The molecular weight excluding hydrogens is 304 g/mol. The van der Waals surface area contributed by atoms with Crippen LogP contribution in [0, 0.1) is 21.4 Å². The van der Waals surface area contributed by atoms with Crippen LogP contribution >= 0.6 is 11.3 Å². The summed E-state index contributed by atoms with van der Waals surface area (Å²) in [5, 5.41) is 22.3. The highest BCUT2D eigenvalue weighted by Gasteiger charge is 2.30. The third kappa shape index (κ3) is 2.64. The standard InChI is InChI=1S/C14H12N4O3S/c15-8-10-3-4-16-14(13(10)18(19)20)17-5-6-21-11(9-17)12-2-1-7-22-12/h1-4,7,11H,5-6,9H2. The van der Waals surface area contributed by atoms with Crippen molar-refractivity contribution in [2.45, 2.75) is 6.10 Å². The zero-order chi connectivity index (χ0) is 15.5. The number of nitrogens with zero attached hydrogens (tertiary/aromatic N) is 4. The van der Waals surface area contributed by atoms with Crippen LogP contribution in [0.5, 0.6) is 0 Å². The molecule has 1 atom stereocenters. The van der Waals surface area contributed by atoms with Gasteiger partial charge in [0.25, 0.3) is 0 Å². The maximum atomic E-state index is 11.3. The van der Waals surface area contributed by atoms with E-state index in [1.54, 1.807) is 11.3 Å². The first-order valence-corrected chi connectivity index (χ1v) is 7.52. The third-order valence-corrected chi connectivity index (χ3v) is 4.40. The number of ether oxygens (including phenoxy) is 1. The summed E-state index contributed by atoms with van der Waals surface area (Å²) in [5.74, 6) is 0.230. The number of thiophene rings is 1. The first-order valence-electron chi connectivity index (χ1n) is 6.64. The lowest BCUT2D eigenvalue weighted by atomic mass is 10.2. The van der Waals surface area contributed by atoms with E-state index < -0.39 is 4.92 Å². The number of rotatable bonds is 3. The summed E-state index contributed by atoms with van der Waals surface area (Å²) in [6.45, 7) is 1.44. The second-order valence-corrected chi connectivity index (χ2v) is 5.70. The van der Waals surface area contributed by atoms with Crippen LogP contribution in [0.25, 0.3) is 0 Å². The van der Waals surface area contributed by atoms with Crippen LogP contribution in [0.1, 0.15) is 16.5 Å². The van der Waals surface area contributed by atoms with Crippen molar-refractivity contribution in [3.8, 4) is 6.07 Å². The van der Waals surface area contributed by atoms with Crippen LogP contribution in [-0.4, -0.2) is 29.6 Å². The van der Waals surface area contributed by atoms with Gasteiger partial charge in [0.15, 0.2) is 0 Å². The Morgan fingerprint density at radius 1 is 1.55 bits per heavy atom. The predicted octanol–water partition coefficient (Wildman–Crippen LogP) is 2.50. The molecule has 2 aromatic rings. The fraction of sp³-hybridized carbons (Fsp3) is 0.286. The molecule has 2 aromatic heterocycles. The lowest BCUT2D eigenvalue weighted by Crippen LogP contribution is -2.39. The highest BCUT2D eigenvalue weighted by atomic mass is 32.1. The van der Waals surface area contributed by atoms with Crippen molar-refractivity contribution in [3.05, 3.63) is 50.3 Å². The maximum Gasteiger partial charge on any atom is 0.329 e. The molecule has 22 heavy (non-hydrogen) atoms. The van der Waals surface area contributed by atoms with Crippen molar-refractivity contribution >= 4 is 22.8 Å². The predicted molar refractivity (Wildman–Crippen MR) is 80.8 cm³/mol. The highest BCUT2D eigenvalue weighted by Crippen LogP contribution is 2.33. The Labute approximate surface area is 130 Å². The lowest BCUT2D eigenvalue weighted by molar-refractivity contribution is -0.384. The average molecular weight is 316 g/mol. The van der Waals surface area contributed by atoms with Crippen molar-refractivity contribution in [2.75, 3.05) is 24.6 Å². The van der Waals surface area contributed by atoms with Crippen molar-refractivity contribution < 1.29 is 9.66 Å². The minimum absolute atomic E-state index is 0.0224. The molecule has 8 heteroatoms. The van der Waals surface area contributed by atoms with Crippen molar-refractivity contribution in [3.63, 3.8) is 0 Å². The van der Waals surface area contributed by atoms with E-state index in [2.05, 4.69) is 4.98 Å². The Kier molecular flexibility index (Phi) is 4.00. The molecule has 1 unspecified atom stereocenters. The van der Waals surface area contributed by atoms with Crippen molar-refractivity contribution in [1.82, 2.24) is 4.98 Å². The monoisotopic (exact) mass is 316 g/mol. The smallest absolute Gasteiger partial charge is 0.329 e. The summed E-state index contributed by atoms with van der Waals surface area (Å²) < 4.78 is 5.74. The molecular formula is C14H12N4O3S. The molecule has 1 fully saturated rings. The van der Waals surface area contributed by atoms with Gasteiger partial charge in [0, 0.05) is 17.6 Å². The van der Waals surface area contributed by atoms with Crippen LogP contribution in [0.2, 0.25) is 0 Å². The van der Waals surface area contributed by atoms with Gasteiger partial charge >= 0.3 is 5.69 Å². The van der Waals surface area contributed by atoms with Gasteiger partial charge in [0.2, 0.25) is 5.82 Å². The molecule has 0 N–H and O–H groups in total. The van der Waals surface area contributed by atoms with E-state index in [4.69, 9.17) is 10.00 Å². The second kappa shape index (κ2) is 6.09. The molecule has 1 saturated heterocycles. The number of hydrogen-bond acceptors (Lipinski definition) is 7.